The smallest absolute Gasteiger partial charge is 0.161 e. The Morgan fingerprint density at radius 1 is 1.10 bits per heavy atom. The Morgan fingerprint density at radius 3 is 2.43 bits per heavy atom. The molecule has 0 saturated heterocycles. The fourth-order valence-corrected chi connectivity index (χ4v) is 3.10. The van der Waals surface area contributed by atoms with Gasteiger partial charge in [0.05, 0.1) is 5.54 Å². The molecule has 2 N–H and O–H groups in total. The van der Waals surface area contributed by atoms with Crippen molar-refractivity contribution in [2.75, 3.05) is 11.4 Å². The molecule has 0 radical (unpaired) electrons. The summed E-state index contributed by atoms with van der Waals surface area (Å²) in [5.41, 5.74) is 8.44. The Bertz CT molecular complexity index is 664. The molecule has 2 aromatic carbocycles. The van der Waals surface area contributed by atoms with Gasteiger partial charge in [0.2, 0.25) is 0 Å². The molecule has 2 aromatic rings. The number of fused-ring (bicyclic) bond motifs is 1. The zero-order chi connectivity index (χ0) is 15.0. The first-order valence-electron chi connectivity index (χ1n) is 7.27. The summed E-state index contributed by atoms with van der Waals surface area (Å²) in [4.78, 5) is 14.8. The molecule has 3 heteroatoms. The number of carbonyl (C=O) groups is 1. The van der Waals surface area contributed by atoms with Gasteiger partial charge < -0.3 is 10.6 Å². The van der Waals surface area contributed by atoms with Gasteiger partial charge in [-0.3, -0.25) is 4.79 Å². The molecule has 0 bridgehead atoms. The van der Waals surface area contributed by atoms with E-state index in [-0.39, 0.29) is 11.7 Å². The third-order valence-electron chi connectivity index (χ3n) is 4.24. The van der Waals surface area contributed by atoms with Crippen molar-refractivity contribution in [2.24, 2.45) is 11.7 Å². The van der Waals surface area contributed by atoms with E-state index in [0.29, 0.717) is 6.54 Å². The van der Waals surface area contributed by atoms with Crippen LogP contribution in [0.25, 0.3) is 0 Å². The summed E-state index contributed by atoms with van der Waals surface area (Å²) in [7, 11) is 0. The quantitative estimate of drug-likeness (QED) is 0.872. The molecule has 1 aliphatic heterocycles. The van der Waals surface area contributed by atoms with Gasteiger partial charge in [0.25, 0.3) is 0 Å². The van der Waals surface area contributed by atoms with Crippen LogP contribution in [0.4, 0.5) is 11.4 Å². The summed E-state index contributed by atoms with van der Waals surface area (Å²) in [5, 5.41) is 0. The van der Waals surface area contributed by atoms with Crippen molar-refractivity contribution in [2.45, 2.75) is 19.4 Å². The lowest BCUT2D eigenvalue weighted by Gasteiger charge is -2.27. The normalized spacial score (nSPS) is 25.4. The van der Waals surface area contributed by atoms with E-state index >= 15 is 0 Å². The maximum Gasteiger partial charge on any atom is 0.161 e. The highest BCUT2D eigenvalue weighted by molar-refractivity contribution is 5.95. The number of hydrogen-bond acceptors (Lipinski definition) is 3. The third-order valence-corrected chi connectivity index (χ3v) is 4.24. The third kappa shape index (κ3) is 2.24. The van der Waals surface area contributed by atoms with E-state index in [1.165, 1.54) is 0 Å². The number of benzene rings is 2. The molecule has 0 aromatic heterocycles. The minimum Gasteiger partial charge on any atom is -0.340 e. The second-order valence-electron chi connectivity index (χ2n) is 5.93. The average Bonchev–Trinajstić information content (AvgIpc) is 2.58. The van der Waals surface area contributed by atoms with Crippen LogP contribution >= 0.6 is 0 Å². The number of nitrogens with two attached hydrogens (primary N) is 1. The van der Waals surface area contributed by atoms with E-state index in [9.17, 15) is 4.79 Å². The Kier molecular flexibility index (Phi) is 3.30. The summed E-state index contributed by atoms with van der Waals surface area (Å²) in [6.07, 6.45) is 0. The summed E-state index contributed by atoms with van der Waals surface area (Å²) in [6.45, 7) is 4.42. The van der Waals surface area contributed by atoms with Gasteiger partial charge in [-0.05, 0) is 25.1 Å². The van der Waals surface area contributed by atoms with E-state index in [0.717, 1.165) is 16.9 Å². The van der Waals surface area contributed by atoms with Crippen molar-refractivity contribution in [1.82, 2.24) is 0 Å². The molecule has 0 spiro atoms. The molecule has 0 saturated carbocycles. The summed E-state index contributed by atoms with van der Waals surface area (Å²) >= 11 is 0. The van der Waals surface area contributed by atoms with Crippen LogP contribution in [0.15, 0.2) is 54.6 Å². The molecule has 2 atom stereocenters. The molecule has 108 valence electrons. The van der Waals surface area contributed by atoms with Crippen molar-refractivity contribution in [3.63, 3.8) is 0 Å². The van der Waals surface area contributed by atoms with Gasteiger partial charge in [0.15, 0.2) is 5.78 Å². The fraction of sp³-hybridized carbons (Fsp3) is 0.278. The average molecular weight is 280 g/mol. The second-order valence-corrected chi connectivity index (χ2v) is 5.93. The molecule has 21 heavy (non-hydrogen) atoms. The van der Waals surface area contributed by atoms with Crippen LogP contribution in [0.5, 0.6) is 0 Å². The lowest BCUT2D eigenvalue weighted by Crippen LogP contribution is -2.44. The standard InChI is InChI=1S/C18H20N2O/c1-13-12-20(14-8-4-3-5-9-14)16-11-7-6-10-15(16)18(2,19)17(13)21/h3-11,13H,12,19H2,1-2H3. The number of anilines is 2. The minimum atomic E-state index is -0.945. The summed E-state index contributed by atoms with van der Waals surface area (Å²) in [5.74, 6) is -0.0269. The van der Waals surface area contributed by atoms with Gasteiger partial charge in [-0.25, -0.2) is 0 Å². The number of para-hydroxylation sites is 2. The zero-order valence-corrected chi connectivity index (χ0v) is 12.4. The minimum absolute atomic E-state index is 0.0911. The van der Waals surface area contributed by atoms with E-state index in [2.05, 4.69) is 17.0 Å². The molecular weight excluding hydrogens is 260 g/mol. The van der Waals surface area contributed by atoms with Gasteiger partial charge in [-0.2, -0.15) is 0 Å². The Morgan fingerprint density at radius 2 is 1.71 bits per heavy atom. The fourth-order valence-electron chi connectivity index (χ4n) is 3.10. The van der Waals surface area contributed by atoms with E-state index in [4.69, 9.17) is 5.73 Å². The highest BCUT2D eigenvalue weighted by Crippen LogP contribution is 2.38. The lowest BCUT2D eigenvalue weighted by atomic mass is 9.84. The second kappa shape index (κ2) is 5.01. The lowest BCUT2D eigenvalue weighted by molar-refractivity contribution is -0.126. The number of carbonyl (C=O) groups excluding carboxylic acids is 1. The number of ketones is 1. The Labute approximate surface area is 125 Å². The summed E-state index contributed by atoms with van der Waals surface area (Å²) < 4.78 is 0. The van der Waals surface area contributed by atoms with Crippen molar-refractivity contribution >= 4 is 17.2 Å². The van der Waals surface area contributed by atoms with Crippen molar-refractivity contribution < 1.29 is 4.79 Å². The van der Waals surface area contributed by atoms with Gasteiger partial charge in [0.1, 0.15) is 0 Å². The highest BCUT2D eigenvalue weighted by atomic mass is 16.1. The first kappa shape index (κ1) is 13.8. The SMILES string of the molecule is CC1CN(c2ccccc2)c2ccccc2C(C)(N)C1=O. The van der Waals surface area contributed by atoms with Crippen LogP contribution < -0.4 is 10.6 Å². The zero-order valence-electron chi connectivity index (χ0n) is 12.4. The molecule has 3 nitrogen and oxygen atoms in total. The predicted octanol–water partition coefficient (Wildman–Crippen LogP) is 3.22. The van der Waals surface area contributed by atoms with Crippen LogP contribution in [0, 0.1) is 5.92 Å². The molecule has 1 heterocycles. The van der Waals surface area contributed by atoms with Crippen LogP contribution in [0.2, 0.25) is 0 Å². The van der Waals surface area contributed by atoms with Crippen molar-refractivity contribution in [3.8, 4) is 0 Å². The highest BCUT2D eigenvalue weighted by Gasteiger charge is 2.40. The monoisotopic (exact) mass is 280 g/mol. The topological polar surface area (TPSA) is 46.3 Å². The largest absolute Gasteiger partial charge is 0.340 e. The number of nitrogens with zero attached hydrogens (tertiary/aromatic N) is 1. The summed E-state index contributed by atoms with van der Waals surface area (Å²) in [6, 6.07) is 18.1. The van der Waals surface area contributed by atoms with Gasteiger partial charge >= 0.3 is 0 Å². The number of hydrogen-bond donors (Lipinski definition) is 1. The molecule has 0 amide bonds. The molecule has 1 aliphatic rings. The van der Waals surface area contributed by atoms with E-state index in [1.807, 2.05) is 56.3 Å². The number of Topliss-reactive ketones (excluding diaryl/α,β-unsaturated/α-hetero) is 1. The van der Waals surface area contributed by atoms with Gasteiger partial charge in [-0.15, -0.1) is 0 Å². The first-order chi connectivity index (χ1) is 10.0. The maximum atomic E-state index is 12.7. The Hall–Kier alpha value is -2.13. The van der Waals surface area contributed by atoms with Crippen LogP contribution in [-0.4, -0.2) is 12.3 Å². The molecule has 3 rings (SSSR count). The predicted molar refractivity (Wildman–Crippen MR) is 85.6 cm³/mol. The number of rotatable bonds is 1. The van der Waals surface area contributed by atoms with Crippen LogP contribution in [0.1, 0.15) is 19.4 Å². The molecule has 2 unspecified atom stereocenters. The van der Waals surface area contributed by atoms with Gasteiger partial charge in [-0.1, -0.05) is 43.3 Å². The van der Waals surface area contributed by atoms with E-state index in [1.54, 1.807) is 0 Å². The first-order valence-corrected chi connectivity index (χ1v) is 7.27. The van der Waals surface area contributed by atoms with Crippen LogP contribution in [-0.2, 0) is 10.3 Å². The van der Waals surface area contributed by atoms with Crippen molar-refractivity contribution in [1.29, 1.82) is 0 Å². The molecule has 0 aliphatic carbocycles. The van der Waals surface area contributed by atoms with Gasteiger partial charge in [0, 0.05) is 29.4 Å². The van der Waals surface area contributed by atoms with Crippen molar-refractivity contribution in [3.05, 3.63) is 60.2 Å². The van der Waals surface area contributed by atoms with Crippen LogP contribution in [0.3, 0.4) is 0 Å². The maximum absolute atomic E-state index is 12.7. The van der Waals surface area contributed by atoms with E-state index < -0.39 is 5.54 Å². The molecule has 0 fully saturated rings. The molecular formula is C18H20N2O. The Balaban J connectivity index is 2.21.